The van der Waals surface area contributed by atoms with Gasteiger partial charge in [0, 0.05) is 12.6 Å². The topological polar surface area (TPSA) is 252 Å². The van der Waals surface area contributed by atoms with E-state index < -0.39 is 54.2 Å². The van der Waals surface area contributed by atoms with Gasteiger partial charge in [0.25, 0.3) is 0 Å². The molecule has 20 heteroatoms. The number of aromatic nitrogens is 2. The molecule has 0 spiro atoms. The summed E-state index contributed by atoms with van der Waals surface area (Å²) in [5.74, 6) is 5.20. The molecule has 1 saturated heterocycles. The van der Waals surface area contributed by atoms with Crippen molar-refractivity contribution in [3.63, 3.8) is 0 Å². The summed E-state index contributed by atoms with van der Waals surface area (Å²) >= 11 is 0. The molecule has 1 aromatic heterocycles. The normalized spacial score (nSPS) is 23.5. The zero-order chi connectivity index (χ0) is 26.6. The zero-order valence-corrected chi connectivity index (χ0v) is 21.1. The summed E-state index contributed by atoms with van der Waals surface area (Å²) in [6, 6.07) is 0. The summed E-state index contributed by atoms with van der Waals surface area (Å²) in [6.07, 6.45) is -1.88. The van der Waals surface area contributed by atoms with Gasteiger partial charge in [0.2, 0.25) is 0 Å². The quantitative estimate of drug-likeness (QED) is 0.114. The van der Waals surface area contributed by atoms with Gasteiger partial charge in [-0.2, -0.15) is 13.6 Å². The van der Waals surface area contributed by atoms with Crippen LogP contribution in [0.5, 0.6) is 0 Å². The number of rotatable bonds is 10. The van der Waals surface area contributed by atoms with Crippen LogP contribution in [0.4, 0.5) is 5.82 Å². The van der Waals surface area contributed by atoms with Crippen molar-refractivity contribution in [2.24, 2.45) is 5.16 Å². The van der Waals surface area contributed by atoms with E-state index in [4.69, 9.17) is 25.1 Å². The summed E-state index contributed by atoms with van der Waals surface area (Å²) in [7, 11) is -16.6. The van der Waals surface area contributed by atoms with Crippen LogP contribution >= 0.6 is 23.5 Å². The Balaban J connectivity index is 2.23. The number of nitrogens with zero attached hydrogens (tertiary/aromatic N) is 3. The number of phosphoric acid groups is 3. The number of anilines is 1. The van der Waals surface area contributed by atoms with Crippen molar-refractivity contribution < 1.29 is 56.0 Å². The standard InChI is InChI=1S/C15H23N4O13P3/c1-4-5-10-7-19(15(20)17-14(10)16)13-6-11(30-18-9(2)3)12(29-13)8-28-34(24,25)32-35(26,27)31-33(21,22)23/h7,11-13H,6,8H2,1-3H3,(H,24,25)(H,26,27)(H2,16,17,20)(H2,21,22,23)/t11?,12-,13-/m1/s1. The highest BCUT2D eigenvalue weighted by molar-refractivity contribution is 7.66. The summed E-state index contributed by atoms with van der Waals surface area (Å²) in [4.78, 5) is 57.5. The lowest BCUT2D eigenvalue weighted by molar-refractivity contribution is -0.0604. The van der Waals surface area contributed by atoms with Gasteiger partial charge in [0.15, 0.2) is 6.10 Å². The van der Waals surface area contributed by atoms with E-state index in [0.717, 1.165) is 4.57 Å². The third-order valence-electron chi connectivity index (χ3n) is 3.92. The molecule has 0 bridgehead atoms. The molecule has 0 radical (unpaired) electrons. The molecule has 3 unspecified atom stereocenters. The Bertz CT molecular complexity index is 1230. The second-order valence-electron chi connectivity index (χ2n) is 7.04. The number of nitrogens with two attached hydrogens (primary N) is 1. The molecular formula is C15H23N4O13P3. The second kappa shape index (κ2) is 11.4. The molecule has 1 aliphatic rings. The Kier molecular flexibility index (Phi) is 9.57. The Morgan fingerprint density at radius 2 is 1.91 bits per heavy atom. The van der Waals surface area contributed by atoms with Gasteiger partial charge in [-0.05, 0) is 20.8 Å². The van der Waals surface area contributed by atoms with Gasteiger partial charge in [0.05, 0.1) is 17.9 Å². The van der Waals surface area contributed by atoms with Crippen molar-refractivity contribution in [2.45, 2.75) is 45.6 Å². The van der Waals surface area contributed by atoms with Crippen molar-refractivity contribution in [3.8, 4) is 11.8 Å². The maximum absolute atomic E-state index is 12.4. The van der Waals surface area contributed by atoms with E-state index in [1.54, 1.807) is 20.8 Å². The number of hydrogen-bond acceptors (Lipinski definition) is 12. The third-order valence-corrected chi connectivity index (χ3v) is 7.72. The van der Waals surface area contributed by atoms with Gasteiger partial charge >= 0.3 is 29.2 Å². The predicted octanol–water partition coefficient (Wildman–Crippen LogP) is 0.609. The van der Waals surface area contributed by atoms with Gasteiger partial charge in [-0.15, -0.1) is 5.92 Å². The Labute approximate surface area is 198 Å². The molecule has 6 N–H and O–H groups in total. The summed E-state index contributed by atoms with van der Waals surface area (Å²) in [6.45, 7) is 3.99. The van der Waals surface area contributed by atoms with Gasteiger partial charge < -0.3 is 34.9 Å². The smallest absolute Gasteiger partial charge is 0.389 e. The zero-order valence-electron chi connectivity index (χ0n) is 18.4. The first-order chi connectivity index (χ1) is 16.0. The first-order valence-electron chi connectivity index (χ1n) is 9.44. The highest BCUT2D eigenvalue weighted by Gasteiger charge is 2.44. The van der Waals surface area contributed by atoms with E-state index >= 15 is 0 Å². The molecule has 17 nitrogen and oxygen atoms in total. The summed E-state index contributed by atoms with van der Waals surface area (Å²) in [5.41, 5.74) is 5.66. The third kappa shape index (κ3) is 9.23. The minimum absolute atomic E-state index is 0.0221. The van der Waals surface area contributed by atoms with Crippen molar-refractivity contribution >= 4 is 35.0 Å². The molecular weight excluding hydrogens is 537 g/mol. The van der Waals surface area contributed by atoms with E-state index in [-0.39, 0.29) is 17.8 Å². The van der Waals surface area contributed by atoms with Gasteiger partial charge in [-0.3, -0.25) is 9.09 Å². The summed E-state index contributed by atoms with van der Waals surface area (Å²) in [5, 5.41) is 3.79. The van der Waals surface area contributed by atoms with Crippen LogP contribution in [0.25, 0.3) is 0 Å². The lowest BCUT2D eigenvalue weighted by Crippen LogP contribution is -2.29. The van der Waals surface area contributed by atoms with E-state index in [2.05, 4.69) is 35.1 Å². The lowest BCUT2D eigenvalue weighted by atomic mass is 10.2. The molecule has 35 heavy (non-hydrogen) atoms. The molecule has 2 rings (SSSR count). The van der Waals surface area contributed by atoms with Crippen LogP contribution in [0.2, 0.25) is 0 Å². The predicted molar refractivity (Wildman–Crippen MR) is 117 cm³/mol. The maximum Gasteiger partial charge on any atom is 0.490 e. The van der Waals surface area contributed by atoms with Crippen molar-refractivity contribution in [1.29, 1.82) is 0 Å². The molecule has 1 fully saturated rings. The van der Waals surface area contributed by atoms with Gasteiger partial charge in [-0.25, -0.2) is 18.5 Å². The highest BCUT2D eigenvalue weighted by atomic mass is 31.3. The number of hydrogen-bond donors (Lipinski definition) is 5. The molecule has 1 aromatic rings. The highest BCUT2D eigenvalue weighted by Crippen LogP contribution is 2.66. The monoisotopic (exact) mass is 560 g/mol. The van der Waals surface area contributed by atoms with E-state index in [0.29, 0.717) is 5.71 Å². The number of ether oxygens (including phenoxy) is 1. The van der Waals surface area contributed by atoms with Crippen molar-refractivity contribution in [1.82, 2.24) is 9.55 Å². The van der Waals surface area contributed by atoms with Crippen LogP contribution in [0.15, 0.2) is 16.1 Å². The fourth-order valence-electron chi connectivity index (χ4n) is 2.69. The first kappa shape index (κ1) is 29.3. The first-order valence-corrected chi connectivity index (χ1v) is 14.0. The van der Waals surface area contributed by atoms with Gasteiger partial charge in [0.1, 0.15) is 18.1 Å². The molecule has 1 aliphatic heterocycles. The van der Waals surface area contributed by atoms with E-state index in [1.165, 1.54) is 6.20 Å². The number of nitrogen functional groups attached to an aromatic ring is 1. The van der Waals surface area contributed by atoms with Crippen LogP contribution in [0, 0.1) is 11.8 Å². The number of phosphoric ester groups is 1. The number of oxime groups is 1. The van der Waals surface area contributed by atoms with Crippen LogP contribution in [-0.4, -0.2) is 53.7 Å². The summed E-state index contributed by atoms with van der Waals surface area (Å²) < 4.78 is 53.0. The van der Waals surface area contributed by atoms with Crippen LogP contribution < -0.4 is 11.4 Å². The molecule has 196 valence electrons. The SMILES string of the molecule is CC#Cc1cn([C@H]2CC(ON=C(C)C)[C@@H](COP(=O)(O)OP(=O)(O)OP(=O)(O)O)O2)c(=O)nc1N. The average Bonchev–Trinajstić information content (AvgIpc) is 3.07. The van der Waals surface area contributed by atoms with Crippen molar-refractivity contribution in [3.05, 3.63) is 22.2 Å². The van der Waals surface area contributed by atoms with Gasteiger partial charge in [-0.1, -0.05) is 11.1 Å². The second-order valence-corrected chi connectivity index (χ2v) is 11.5. The molecule has 0 aliphatic carbocycles. The molecule has 0 aromatic carbocycles. The Hall–Kier alpha value is -1.92. The van der Waals surface area contributed by atoms with E-state index in [1.807, 2.05) is 0 Å². The van der Waals surface area contributed by atoms with E-state index in [9.17, 15) is 28.3 Å². The lowest BCUT2D eigenvalue weighted by Gasteiger charge is -2.20. The molecule has 2 heterocycles. The minimum Gasteiger partial charge on any atom is -0.389 e. The minimum atomic E-state index is -5.69. The average molecular weight is 560 g/mol. The van der Waals surface area contributed by atoms with Crippen molar-refractivity contribution in [2.75, 3.05) is 12.3 Å². The van der Waals surface area contributed by atoms with Crippen LogP contribution in [0.1, 0.15) is 39.0 Å². The Morgan fingerprint density at radius 1 is 1.26 bits per heavy atom. The molecule has 0 saturated carbocycles. The Morgan fingerprint density at radius 3 is 2.49 bits per heavy atom. The maximum atomic E-state index is 12.4. The molecule has 0 amide bonds. The van der Waals surface area contributed by atoms with Crippen LogP contribution in [0.3, 0.4) is 0 Å². The van der Waals surface area contributed by atoms with Crippen LogP contribution in [-0.2, 0) is 36.4 Å². The largest absolute Gasteiger partial charge is 0.490 e. The fraction of sp³-hybridized carbons (Fsp3) is 0.533. The fourth-order valence-corrected chi connectivity index (χ4v) is 5.72. The molecule has 5 atom stereocenters.